The SMILES string of the molecule is COc1ccc2c(c1)COC(c1ccc(O)cc1)c1cc3c(cc1-2)OCO3. The van der Waals surface area contributed by atoms with Gasteiger partial charge in [-0.05, 0) is 64.2 Å². The van der Waals surface area contributed by atoms with Crippen LogP contribution in [-0.2, 0) is 11.3 Å². The molecule has 5 rings (SSSR count). The van der Waals surface area contributed by atoms with E-state index in [0.29, 0.717) is 6.61 Å². The fourth-order valence-electron chi connectivity index (χ4n) is 3.67. The first kappa shape index (κ1) is 16.0. The van der Waals surface area contributed by atoms with E-state index in [0.717, 1.165) is 45.1 Å². The zero-order valence-electron chi connectivity index (χ0n) is 14.8. The van der Waals surface area contributed by atoms with Gasteiger partial charge in [-0.1, -0.05) is 18.2 Å². The Kier molecular flexibility index (Phi) is 3.69. The van der Waals surface area contributed by atoms with E-state index in [9.17, 15) is 5.11 Å². The summed E-state index contributed by atoms with van der Waals surface area (Å²) in [7, 11) is 1.66. The minimum Gasteiger partial charge on any atom is -0.508 e. The Hall–Kier alpha value is -3.18. The highest BCUT2D eigenvalue weighted by atomic mass is 16.7. The number of hydrogen-bond donors (Lipinski definition) is 1. The molecule has 5 nitrogen and oxygen atoms in total. The lowest BCUT2D eigenvalue weighted by atomic mass is 9.91. The van der Waals surface area contributed by atoms with Crippen LogP contribution in [0.3, 0.4) is 0 Å². The van der Waals surface area contributed by atoms with E-state index >= 15 is 0 Å². The number of phenols is 1. The van der Waals surface area contributed by atoms with Crippen LogP contribution in [0.1, 0.15) is 22.8 Å². The minimum absolute atomic E-state index is 0.221. The number of rotatable bonds is 2. The summed E-state index contributed by atoms with van der Waals surface area (Å²) in [5, 5.41) is 9.64. The van der Waals surface area contributed by atoms with Gasteiger partial charge in [0.25, 0.3) is 0 Å². The number of hydrogen-bond acceptors (Lipinski definition) is 5. The molecule has 5 heteroatoms. The monoisotopic (exact) mass is 362 g/mol. The number of methoxy groups -OCH3 is 1. The van der Waals surface area contributed by atoms with E-state index in [1.54, 1.807) is 19.2 Å². The summed E-state index contributed by atoms with van der Waals surface area (Å²) in [5.41, 5.74) is 5.16. The summed E-state index contributed by atoms with van der Waals surface area (Å²) in [6.45, 7) is 0.664. The van der Waals surface area contributed by atoms with Gasteiger partial charge in [0.1, 0.15) is 17.6 Å². The molecule has 1 atom stereocenters. The Balaban J connectivity index is 1.71. The van der Waals surface area contributed by atoms with Crippen LogP contribution in [0.5, 0.6) is 23.0 Å². The van der Waals surface area contributed by atoms with Crippen molar-refractivity contribution in [3.8, 4) is 34.1 Å². The Morgan fingerprint density at radius 3 is 2.48 bits per heavy atom. The fraction of sp³-hybridized carbons (Fsp3) is 0.182. The minimum atomic E-state index is -0.284. The first-order valence-electron chi connectivity index (χ1n) is 8.74. The summed E-state index contributed by atoms with van der Waals surface area (Å²) in [5.74, 6) is 2.48. The maximum Gasteiger partial charge on any atom is 0.231 e. The molecule has 0 saturated heterocycles. The van der Waals surface area contributed by atoms with E-state index in [1.165, 1.54) is 0 Å². The Bertz CT molecular complexity index is 1010. The van der Waals surface area contributed by atoms with Crippen molar-refractivity contribution in [3.05, 3.63) is 71.3 Å². The van der Waals surface area contributed by atoms with Crippen molar-refractivity contribution < 1.29 is 24.1 Å². The van der Waals surface area contributed by atoms with Crippen LogP contribution in [0.4, 0.5) is 0 Å². The Morgan fingerprint density at radius 1 is 0.926 bits per heavy atom. The van der Waals surface area contributed by atoms with Gasteiger partial charge in [0.2, 0.25) is 6.79 Å². The molecule has 0 saturated carbocycles. The van der Waals surface area contributed by atoms with Gasteiger partial charge in [0.05, 0.1) is 13.7 Å². The zero-order valence-corrected chi connectivity index (χ0v) is 14.8. The maximum atomic E-state index is 9.64. The molecule has 0 radical (unpaired) electrons. The van der Waals surface area contributed by atoms with E-state index in [2.05, 4.69) is 6.07 Å². The van der Waals surface area contributed by atoms with Crippen molar-refractivity contribution in [2.45, 2.75) is 12.7 Å². The Labute approximate surface area is 156 Å². The highest BCUT2D eigenvalue weighted by Gasteiger charge is 2.28. The van der Waals surface area contributed by atoms with Gasteiger partial charge in [-0.3, -0.25) is 0 Å². The van der Waals surface area contributed by atoms with Crippen molar-refractivity contribution >= 4 is 0 Å². The van der Waals surface area contributed by atoms with Gasteiger partial charge in [-0.25, -0.2) is 0 Å². The molecule has 27 heavy (non-hydrogen) atoms. The summed E-state index contributed by atoms with van der Waals surface area (Å²) >= 11 is 0. The molecule has 2 aliphatic heterocycles. The molecule has 136 valence electrons. The van der Waals surface area contributed by atoms with Gasteiger partial charge in [-0.15, -0.1) is 0 Å². The standard InChI is InChI=1S/C22H18O5/c1-24-16-6-7-17-14(8-16)11-25-22(13-2-4-15(23)5-3-13)19-10-21-20(9-18(17)19)26-12-27-21/h2-10,22-23H,11-12H2,1H3. The molecule has 0 bridgehead atoms. The molecule has 2 heterocycles. The molecule has 0 spiro atoms. The lowest BCUT2D eigenvalue weighted by molar-refractivity contribution is 0.0690. The smallest absolute Gasteiger partial charge is 0.231 e. The average molecular weight is 362 g/mol. The van der Waals surface area contributed by atoms with Crippen molar-refractivity contribution in [3.63, 3.8) is 0 Å². The van der Waals surface area contributed by atoms with Gasteiger partial charge >= 0.3 is 0 Å². The number of aromatic hydroxyl groups is 1. The highest BCUT2D eigenvalue weighted by Crippen LogP contribution is 2.46. The highest BCUT2D eigenvalue weighted by molar-refractivity contribution is 5.76. The van der Waals surface area contributed by atoms with Gasteiger partial charge in [0, 0.05) is 0 Å². The van der Waals surface area contributed by atoms with Crippen molar-refractivity contribution in [2.24, 2.45) is 0 Å². The quantitative estimate of drug-likeness (QED) is 0.731. The second-order valence-electron chi connectivity index (χ2n) is 6.60. The van der Waals surface area contributed by atoms with E-state index in [4.69, 9.17) is 18.9 Å². The summed E-state index contributed by atoms with van der Waals surface area (Å²) in [6.07, 6.45) is -0.284. The van der Waals surface area contributed by atoms with Gasteiger partial charge in [0.15, 0.2) is 11.5 Å². The van der Waals surface area contributed by atoms with Crippen molar-refractivity contribution in [2.75, 3.05) is 13.9 Å². The molecular formula is C22H18O5. The van der Waals surface area contributed by atoms with Gasteiger partial charge < -0.3 is 24.1 Å². The molecule has 0 aliphatic carbocycles. The second kappa shape index (κ2) is 6.21. The predicted molar refractivity (Wildman–Crippen MR) is 99.3 cm³/mol. The second-order valence-corrected chi connectivity index (χ2v) is 6.60. The molecule has 1 N–H and O–H groups in total. The number of benzene rings is 3. The zero-order chi connectivity index (χ0) is 18.4. The van der Waals surface area contributed by atoms with Crippen LogP contribution >= 0.6 is 0 Å². The van der Waals surface area contributed by atoms with Crippen LogP contribution in [0.25, 0.3) is 11.1 Å². The molecule has 1 unspecified atom stereocenters. The largest absolute Gasteiger partial charge is 0.508 e. The van der Waals surface area contributed by atoms with Crippen LogP contribution in [0.2, 0.25) is 0 Å². The maximum absolute atomic E-state index is 9.64. The lowest BCUT2D eigenvalue weighted by Gasteiger charge is -2.19. The number of fused-ring (bicyclic) bond motifs is 4. The molecule has 2 aliphatic rings. The summed E-state index contributed by atoms with van der Waals surface area (Å²) in [4.78, 5) is 0. The third-order valence-corrected chi connectivity index (χ3v) is 5.03. The van der Waals surface area contributed by atoms with E-state index in [1.807, 2.05) is 36.4 Å². The van der Waals surface area contributed by atoms with Crippen LogP contribution in [0.15, 0.2) is 54.6 Å². The van der Waals surface area contributed by atoms with E-state index < -0.39 is 0 Å². The number of ether oxygens (including phenoxy) is 4. The fourth-order valence-corrected chi connectivity index (χ4v) is 3.67. The van der Waals surface area contributed by atoms with E-state index in [-0.39, 0.29) is 18.6 Å². The summed E-state index contributed by atoms with van der Waals surface area (Å²) in [6, 6.07) is 17.1. The molecule has 0 amide bonds. The normalized spacial score (nSPS) is 17.0. The Morgan fingerprint density at radius 2 is 1.70 bits per heavy atom. The molecule has 3 aromatic carbocycles. The summed E-state index contributed by atoms with van der Waals surface area (Å²) < 4.78 is 22.9. The first-order chi connectivity index (χ1) is 13.2. The van der Waals surface area contributed by atoms with Crippen LogP contribution < -0.4 is 14.2 Å². The molecule has 0 fully saturated rings. The number of phenolic OH excluding ortho intramolecular Hbond substituents is 1. The lowest BCUT2D eigenvalue weighted by Crippen LogP contribution is -2.05. The van der Waals surface area contributed by atoms with Crippen molar-refractivity contribution in [1.82, 2.24) is 0 Å². The first-order valence-corrected chi connectivity index (χ1v) is 8.74. The third kappa shape index (κ3) is 2.67. The van der Waals surface area contributed by atoms with Gasteiger partial charge in [-0.2, -0.15) is 0 Å². The molecule has 3 aromatic rings. The predicted octanol–water partition coefficient (Wildman–Crippen LogP) is 4.42. The molecule has 0 aromatic heterocycles. The van der Waals surface area contributed by atoms with Crippen molar-refractivity contribution in [1.29, 1.82) is 0 Å². The van der Waals surface area contributed by atoms with Crippen LogP contribution in [0, 0.1) is 0 Å². The average Bonchev–Trinajstić information content (AvgIpc) is 3.10. The van der Waals surface area contributed by atoms with Crippen LogP contribution in [-0.4, -0.2) is 19.0 Å². The molecular weight excluding hydrogens is 344 g/mol. The topological polar surface area (TPSA) is 57.2 Å². The third-order valence-electron chi connectivity index (χ3n) is 5.03.